The molecule has 2 amide bonds. The van der Waals surface area contributed by atoms with E-state index in [2.05, 4.69) is 5.32 Å². The van der Waals surface area contributed by atoms with Crippen LogP contribution in [0.2, 0.25) is 0 Å². The average Bonchev–Trinajstić information content (AvgIpc) is 3.76. The van der Waals surface area contributed by atoms with E-state index in [9.17, 15) is 32.7 Å². The number of halogens is 3. The minimum absolute atomic E-state index is 0.00802. The number of aromatic carboxylic acids is 1. The highest BCUT2D eigenvalue weighted by Gasteiger charge is 2.48. The summed E-state index contributed by atoms with van der Waals surface area (Å²) in [5, 5.41) is 13.3. The number of furan rings is 1. The van der Waals surface area contributed by atoms with E-state index in [0.29, 0.717) is 34.6 Å². The molecule has 2 aromatic carbocycles. The van der Waals surface area contributed by atoms with Crippen molar-refractivity contribution in [3.05, 3.63) is 112 Å². The lowest BCUT2D eigenvalue weighted by Crippen LogP contribution is -2.31. The fraction of sp³-hybridized carbons (Fsp3) is 0.294. The largest absolute Gasteiger partial charge is 0.478 e. The number of carbonyl (C=O) groups excluding carboxylic acids is 2. The number of amides is 2. The minimum Gasteiger partial charge on any atom is -0.478 e. The fourth-order valence-corrected chi connectivity index (χ4v) is 6.39. The van der Waals surface area contributed by atoms with Crippen LogP contribution in [-0.2, 0) is 25.6 Å². The van der Waals surface area contributed by atoms with Crippen LogP contribution in [0, 0.1) is 0 Å². The van der Waals surface area contributed by atoms with Crippen LogP contribution in [0.3, 0.4) is 0 Å². The Labute approximate surface area is 256 Å². The van der Waals surface area contributed by atoms with E-state index in [1.807, 2.05) is 11.8 Å². The van der Waals surface area contributed by atoms with E-state index in [-0.39, 0.29) is 65.7 Å². The lowest BCUT2D eigenvalue weighted by molar-refractivity contribution is -0.137. The van der Waals surface area contributed by atoms with Gasteiger partial charge in [-0.1, -0.05) is 31.2 Å². The van der Waals surface area contributed by atoms with Gasteiger partial charge in [0.1, 0.15) is 5.76 Å². The molecule has 2 atom stereocenters. The normalized spacial score (nSPS) is 17.3. The summed E-state index contributed by atoms with van der Waals surface area (Å²) < 4.78 is 44.5. The van der Waals surface area contributed by atoms with E-state index in [0.717, 1.165) is 25.0 Å². The molecule has 1 saturated heterocycles. The van der Waals surface area contributed by atoms with Gasteiger partial charge in [0, 0.05) is 17.2 Å². The van der Waals surface area contributed by atoms with Crippen LogP contribution < -0.4 is 5.32 Å². The van der Waals surface area contributed by atoms with E-state index in [1.54, 1.807) is 36.4 Å². The van der Waals surface area contributed by atoms with Gasteiger partial charge in [0.2, 0.25) is 0 Å². The van der Waals surface area contributed by atoms with Crippen molar-refractivity contribution in [3.63, 3.8) is 0 Å². The second kappa shape index (κ2) is 11.9. The SMILES string of the molecule is CCC1CC[C@H]2c3nc(CCc4ccc(C(F)(F)F)cc4)c(C(=O)O)c(-c4ccc(C(=O)NCc5ccco5)cc4)c3C(=O)N12. The second-order valence-electron chi connectivity index (χ2n) is 11.3. The van der Waals surface area contributed by atoms with Gasteiger partial charge in [-0.25, -0.2) is 4.79 Å². The van der Waals surface area contributed by atoms with E-state index >= 15 is 0 Å². The Morgan fingerprint density at radius 3 is 2.38 bits per heavy atom. The lowest BCUT2D eigenvalue weighted by Gasteiger charge is -2.22. The zero-order valence-corrected chi connectivity index (χ0v) is 24.4. The number of aromatic nitrogens is 1. The Balaban J connectivity index is 1.38. The van der Waals surface area contributed by atoms with Gasteiger partial charge in [-0.2, -0.15) is 13.2 Å². The Hall–Kier alpha value is -4.93. The van der Waals surface area contributed by atoms with Crippen LogP contribution in [0.25, 0.3) is 11.1 Å². The van der Waals surface area contributed by atoms with Crippen LogP contribution in [-0.4, -0.2) is 38.8 Å². The number of rotatable bonds is 9. The van der Waals surface area contributed by atoms with Gasteiger partial charge in [-0.15, -0.1) is 0 Å². The number of alkyl halides is 3. The summed E-state index contributed by atoms with van der Waals surface area (Å²) in [7, 11) is 0. The Kier molecular flexibility index (Phi) is 7.94. The summed E-state index contributed by atoms with van der Waals surface area (Å²) in [5.74, 6) is -1.29. The van der Waals surface area contributed by atoms with Crippen LogP contribution >= 0.6 is 0 Å². The molecular weight excluding hydrogens is 587 g/mol. The van der Waals surface area contributed by atoms with Crippen LogP contribution in [0.15, 0.2) is 71.3 Å². The Bertz CT molecular complexity index is 1750. The van der Waals surface area contributed by atoms with Gasteiger partial charge in [0.25, 0.3) is 11.8 Å². The highest BCUT2D eigenvalue weighted by molar-refractivity contribution is 6.10. The molecular formula is C34H30F3N3O5. The van der Waals surface area contributed by atoms with Crippen LogP contribution in [0.1, 0.15) is 91.6 Å². The van der Waals surface area contributed by atoms with Gasteiger partial charge in [0.15, 0.2) is 0 Å². The van der Waals surface area contributed by atoms with Gasteiger partial charge >= 0.3 is 12.1 Å². The van der Waals surface area contributed by atoms with Crippen molar-refractivity contribution in [3.8, 4) is 11.1 Å². The molecule has 0 aliphatic carbocycles. The quantitative estimate of drug-likeness (QED) is 0.213. The highest BCUT2D eigenvalue weighted by atomic mass is 19.4. The molecule has 1 fully saturated rings. The molecule has 2 aromatic heterocycles. The molecule has 2 N–H and O–H groups in total. The Morgan fingerprint density at radius 1 is 1.02 bits per heavy atom. The predicted octanol–water partition coefficient (Wildman–Crippen LogP) is 6.84. The topological polar surface area (TPSA) is 113 Å². The van der Waals surface area contributed by atoms with Crippen molar-refractivity contribution >= 4 is 17.8 Å². The van der Waals surface area contributed by atoms with Crippen LogP contribution in [0.5, 0.6) is 0 Å². The number of carbonyl (C=O) groups is 3. The third-order valence-electron chi connectivity index (χ3n) is 8.62. The van der Waals surface area contributed by atoms with Gasteiger partial charge in [-0.3, -0.25) is 14.6 Å². The summed E-state index contributed by atoms with van der Waals surface area (Å²) in [4.78, 5) is 46.2. The molecule has 0 bridgehead atoms. The molecule has 4 aromatic rings. The summed E-state index contributed by atoms with van der Waals surface area (Å²) in [5.41, 5.74) is 1.77. The van der Waals surface area contributed by atoms with Crippen molar-refractivity contribution in [2.24, 2.45) is 0 Å². The number of nitrogens with zero attached hydrogens (tertiary/aromatic N) is 2. The number of carboxylic acids is 1. The number of fused-ring (bicyclic) bond motifs is 3. The van der Waals surface area contributed by atoms with E-state index in [4.69, 9.17) is 9.40 Å². The number of benzene rings is 2. The van der Waals surface area contributed by atoms with Gasteiger partial charge < -0.3 is 19.7 Å². The molecule has 8 nitrogen and oxygen atoms in total. The fourth-order valence-electron chi connectivity index (χ4n) is 6.39. The molecule has 4 heterocycles. The molecule has 2 aliphatic rings. The second-order valence-corrected chi connectivity index (χ2v) is 11.3. The summed E-state index contributed by atoms with van der Waals surface area (Å²) in [6.07, 6.45) is -0.305. The van der Waals surface area contributed by atoms with Gasteiger partial charge in [0.05, 0.1) is 46.9 Å². The molecule has 0 spiro atoms. The first kappa shape index (κ1) is 30.1. The molecule has 232 valence electrons. The van der Waals surface area contributed by atoms with Crippen molar-refractivity contribution in [1.29, 1.82) is 0 Å². The first-order chi connectivity index (χ1) is 21.6. The highest BCUT2D eigenvalue weighted by Crippen LogP contribution is 2.48. The summed E-state index contributed by atoms with van der Waals surface area (Å²) in [6, 6.07) is 14.3. The zero-order valence-electron chi connectivity index (χ0n) is 24.4. The average molecular weight is 618 g/mol. The minimum atomic E-state index is -4.46. The number of hydrogen-bond donors (Lipinski definition) is 2. The molecule has 0 radical (unpaired) electrons. The smallest absolute Gasteiger partial charge is 0.416 e. The third-order valence-corrected chi connectivity index (χ3v) is 8.62. The van der Waals surface area contributed by atoms with Crippen LogP contribution in [0.4, 0.5) is 13.2 Å². The number of aryl methyl sites for hydroxylation is 2. The van der Waals surface area contributed by atoms with E-state index in [1.165, 1.54) is 18.4 Å². The summed E-state index contributed by atoms with van der Waals surface area (Å²) >= 11 is 0. The number of hydrogen-bond acceptors (Lipinski definition) is 5. The molecule has 0 saturated carbocycles. The molecule has 1 unspecified atom stereocenters. The van der Waals surface area contributed by atoms with Crippen molar-refractivity contribution in [2.75, 3.05) is 0 Å². The first-order valence-electron chi connectivity index (χ1n) is 14.8. The third kappa shape index (κ3) is 5.70. The maximum atomic E-state index is 13.9. The van der Waals surface area contributed by atoms with Gasteiger partial charge in [-0.05, 0) is 79.6 Å². The van der Waals surface area contributed by atoms with Crippen molar-refractivity contribution < 1.29 is 37.1 Å². The maximum absolute atomic E-state index is 13.9. The first-order valence-corrected chi connectivity index (χ1v) is 14.8. The van der Waals surface area contributed by atoms with Crippen molar-refractivity contribution in [1.82, 2.24) is 15.2 Å². The Morgan fingerprint density at radius 2 is 1.76 bits per heavy atom. The zero-order chi connectivity index (χ0) is 31.9. The predicted molar refractivity (Wildman–Crippen MR) is 158 cm³/mol. The van der Waals surface area contributed by atoms with E-state index < -0.39 is 17.7 Å². The number of pyridine rings is 1. The monoisotopic (exact) mass is 617 g/mol. The van der Waals surface area contributed by atoms with Crippen molar-refractivity contribution in [2.45, 2.75) is 63.8 Å². The molecule has 6 rings (SSSR count). The maximum Gasteiger partial charge on any atom is 0.416 e. The summed E-state index contributed by atoms with van der Waals surface area (Å²) in [6.45, 7) is 2.20. The molecule has 11 heteroatoms. The number of nitrogens with one attached hydrogen (secondary N) is 1. The molecule has 2 aliphatic heterocycles. The standard InChI is InChI=1S/C34H30F3N3O5/c1-2-23-14-16-26-30-29(32(42)40(23)26)27(20-8-10-21(11-9-20)31(41)38-18-24-4-3-17-45-24)28(33(43)44)25(39-30)15-7-19-5-12-22(13-6-19)34(35,36)37/h3-6,8-13,17,23,26H,2,7,14-16,18H2,1H3,(H,38,41)(H,43,44)/t23?,26-/m0/s1. The lowest BCUT2D eigenvalue weighted by atomic mass is 9.89. The molecule has 45 heavy (non-hydrogen) atoms. The number of carboxylic acid groups (broad SMARTS) is 1.